The standard InChI is InChI=1S/C23H16ClN5O4/c1-32-17(30)11-29-16-5-3-2-4-14(16)23(22(29)31)15(10-25)20(26)33-21-18(23)19(27-28-21)12-6-8-13(24)9-7-12/h2-9H,11,26H2,1H3,(H,27,28)/t23-/m0/s1. The number of amides is 1. The first-order valence-electron chi connectivity index (χ1n) is 9.84. The summed E-state index contributed by atoms with van der Waals surface area (Å²) in [4.78, 5) is 27.6. The number of nitrogens with zero attached hydrogens (tertiary/aromatic N) is 3. The lowest BCUT2D eigenvalue weighted by Crippen LogP contribution is -2.47. The van der Waals surface area contributed by atoms with E-state index in [0.29, 0.717) is 33.1 Å². The summed E-state index contributed by atoms with van der Waals surface area (Å²) in [6.45, 7) is -0.336. The number of aromatic amines is 1. The van der Waals surface area contributed by atoms with Gasteiger partial charge in [-0.15, -0.1) is 5.10 Å². The number of para-hydroxylation sites is 1. The highest BCUT2D eigenvalue weighted by Crippen LogP contribution is 2.56. The normalized spacial score (nSPS) is 18.6. The molecule has 0 fully saturated rings. The Morgan fingerprint density at radius 2 is 2.03 bits per heavy atom. The van der Waals surface area contributed by atoms with Crippen molar-refractivity contribution in [3.8, 4) is 23.2 Å². The Balaban J connectivity index is 1.85. The first-order valence-corrected chi connectivity index (χ1v) is 10.2. The molecule has 1 spiro atoms. The molecule has 3 heterocycles. The molecule has 2 aliphatic heterocycles. The number of aromatic nitrogens is 2. The second-order valence-corrected chi connectivity index (χ2v) is 7.91. The predicted molar refractivity (Wildman–Crippen MR) is 118 cm³/mol. The third kappa shape index (κ3) is 2.74. The smallest absolute Gasteiger partial charge is 0.325 e. The molecular formula is C23H16ClN5O4. The number of nitrogens with one attached hydrogen (secondary N) is 1. The summed E-state index contributed by atoms with van der Waals surface area (Å²) in [5.41, 5.74) is 6.78. The van der Waals surface area contributed by atoms with Crippen molar-refractivity contribution >= 4 is 29.2 Å². The van der Waals surface area contributed by atoms with Crippen molar-refractivity contribution in [1.82, 2.24) is 10.2 Å². The molecule has 164 valence electrons. The minimum Gasteiger partial charge on any atom is -0.468 e. The van der Waals surface area contributed by atoms with Gasteiger partial charge in [0.2, 0.25) is 17.7 Å². The van der Waals surface area contributed by atoms with Crippen LogP contribution in [0.2, 0.25) is 5.02 Å². The van der Waals surface area contributed by atoms with Crippen molar-refractivity contribution in [2.75, 3.05) is 18.6 Å². The van der Waals surface area contributed by atoms with E-state index < -0.39 is 17.3 Å². The highest BCUT2D eigenvalue weighted by atomic mass is 35.5. The SMILES string of the molecule is COC(=O)CN1C(=O)[C@]2(C(C#N)=C(N)Oc3n[nH]c(-c4ccc(Cl)cc4)c32)c2ccccc21. The number of anilines is 1. The molecule has 2 aromatic carbocycles. The number of carbonyl (C=O) groups is 2. The van der Waals surface area contributed by atoms with E-state index in [-0.39, 0.29) is 23.9 Å². The van der Waals surface area contributed by atoms with Crippen molar-refractivity contribution in [3.05, 3.63) is 76.1 Å². The Morgan fingerprint density at radius 3 is 2.73 bits per heavy atom. The van der Waals surface area contributed by atoms with E-state index in [9.17, 15) is 14.9 Å². The monoisotopic (exact) mass is 461 g/mol. The Kier molecular flexibility index (Phi) is 4.62. The van der Waals surface area contributed by atoms with Crippen LogP contribution >= 0.6 is 11.6 Å². The van der Waals surface area contributed by atoms with Crippen LogP contribution in [0.3, 0.4) is 0 Å². The summed E-state index contributed by atoms with van der Waals surface area (Å²) < 4.78 is 10.4. The van der Waals surface area contributed by atoms with Crippen LogP contribution in [0.25, 0.3) is 11.3 Å². The topological polar surface area (TPSA) is 134 Å². The first-order chi connectivity index (χ1) is 15.9. The lowest BCUT2D eigenvalue weighted by Gasteiger charge is -2.32. The van der Waals surface area contributed by atoms with Gasteiger partial charge in [0.15, 0.2) is 0 Å². The second-order valence-electron chi connectivity index (χ2n) is 7.47. The molecule has 33 heavy (non-hydrogen) atoms. The molecule has 5 rings (SSSR count). The van der Waals surface area contributed by atoms with Crippen LogP contribution in [0.5, 0.6) is 5.88 Å². The van der Waals surface area contributed by atoms with E-state index >= 15 is 0 Å². The molecule has 1 amide bonds. The van der Waals surface area contributed by atoms with E-state index in [4.69, 9.17) is 26.8 Å². The summed E-state index contributed by atoms with van der Waals surface area (Å²) in [5.74, 6) is -1.31. The number of esters is 1. The highest BCUT2D eigenvalue weighted by molar-refractivity contribution is 6.30. The maximum Gasteiger partial charge on any atom is 0.325 e. The maximum atomic E-state index is 14.2. The lowest BCUT2D eigenvalue weighted by atomic mass is 9.68. The van der Waals surface area contributed by atoms with Gasteiger partial charge in [0, 0.05) is 21.8 Å². The molecule has 0 unspecified atom stereocenters. The summed E-state index contributed by atoms with van der Waals surface area (Å²) in [5, 5.41) is 17.8. The molecule has 1 atom stereocenters. The quantitative estimate of drug-likeness (QED) is 0.572. The predicted octanol–water partition coefficient (Wildman–Crippen LogP) is 2.62. The molecule has 9 nitrogen and oxygen atoms in total. The van der Waals surface area contributed by atoms with Crippen molar-refractivity contribution in [3.63, 3.8) is 0 Å². The van der Waals surface area contributed by atoms with Crippen LogP contribution in [0.1, 0.15) is 11.1 Å². The van der Waals surface area contributed by atoms with Crippen LogP contribution in [-0.4, -0.2) is 35.7 Å². The van der Waals surface area contributed by atoms with Gasteiger partial charge in [-0.3, -0.25) is 19.6 Å². The minimum absolute atomic E-state index is 0.0690. The molecule has 0 aliphatic carbocycles. The average molecular weight is 462 g/mol. The molecule has 10 heteroatoms. The number of nitriles is 1. The molecule has 0 saturated carbocycles. The third-order valence-corrected chi connectivity index (χ3v) is 6.11. The number of nitrogens with two attached hydrogens (primary N) is 1. The maximum absolute atomic E-state index is 14.2. The van der Waals surface area contributed by atoms with Gasteiger partial charge in [-0.05, 0) is 18.2 Å². The summed E-state index contributed by atoms with van der Waals surface area (Å²) in [6.07, 6.45) is 0. The number of ether oxygens (including phenoxy) is 2. The van der Waals surface area contributed by atoms with E-state index in [0.717, 1.165) is 0 Å². The molecular weight excluding hydrogens is 446 g/mol. The number of benzene rings is 2. The number of fused-ring (bicyclic) bond motifs is 4. The zero-order valence-electron chi connectivity index (χ0n) is 17.3. The number of rotatable bonds is 3. The fourth-order valence-electron chi connectivity index (χ4n) is 4.46. The second kappa shape index (κ2) is 7.39. The van der Waals surface area contributed by atoms with Gasteiger partial charge in [-0.2, -0.15) is 5.26 Å². The van der Waals surface area contributed by atoms with Gasteiger partial charge < -0.3 is 15.2 Å². The van der Waals surface area contributed by atoms with Crippen LogP contribution in [-0.2, 0) is 19.7 Å². The zero-order valence-corrected chi connectivity index (χ0v) is 18.0. The van der Waals surface area contributed by atoms with Gasteiger partial charge in [-0.25, -0.2) is 0 Å². The van der Waals surface area contributed by atoms with E-state index in [1.54, 1.807) is 48.5 Å². The number of hydrogen-bond acceptors (Lipinski definition) is 7. The van der Waals surface area contributed by atoms with Crippen LogP contribution < -0.4 is 15.4 Å². The molecule has 2 aliphatic rings. The molecule has 0 radical (unpaired) electrons. The van der Waals surface area contributed by atoms with Crippen molar-refractivity contribution in [2.45, 2.75) is 5.41 Å². The van der Waals surface area contributed by atoms with Gasteiger partial charge in [0.05, 0.1) is 18.4 Å². The molecule has 3 aromatic rings. The zero-order chi connectivity index (χ0) is 23.3. The fraction of sp³-hybridized carbons (Fsp3) is 0.130. The third-order valence-electron chi connectivity index (χ3n) is 5.86. The van der Waals surface area contributed by atoms with Crippen LogP contribution in [0.4, 0.5) is 5.69 Å². The number of carbonyl (C=O) groups excluding carboxylic acids is 2. The Bertz CT molecular complexity index is 1390. The number of methoxy groups -OCH3 is 1. The van der Waals surface area contributed by atoms with Crippen molar-refractivity contribution in [1.29, 1.82) is 5.26 Å². The Labute approximate surface area is 193 Å². The van der Waals surface area contributed by atoms with Crippen molar-refractivity contribution in [2.24, 2.45) is 5.73 Å². The Hall–Kier alpha value is -4.29. The van der Waals surface area contributed by atoms with Gasteiger partial charge in [-0.1, -0.05) is 41.9 Å². The van der Waals surface area contributed by atoms with E-state index in [2.05, 4.69) is 16.3 Å². The minimum atomic E-state index is -1.67. The lowest BCUT2D eigenvalue weighted by molar-refractivity contribution is -0.140. The number of halogens is 1. The van der Waals surface area contributed by atoms with Crippen LogP contribution in [0, 0.1) is 11.3 Å². The largest absolute Gasteiger partial charge is 0.468 e. The molecule has 1 aromatic heterocycles. The van der Waals surface area contributed by atoms with Gasteiger partial charge in [0.1, 0.15) is 23.6 Å². The molecule has 0 saturated heterocycles. The van der Waals surface area contributed by atoms with Crippen molar-refractivity contribution < 1.29 is 19.1 Å². The summed E-state index contributed by atoms with van der Waals surface area (Å²) in [7, 11) is 1.24. The van der Waals surface area contributed by atoms with Crippen LogP contribution in [0.15, 0.2) is 60.0 Å². The average Bonchev–Trinajstić information content (AvgIpc) is 3.34. The first kappa shape index (κ1) is 20.6. The number of hydrogen-bond donors (Lipinski definition) is 2. The summed E-state index contributed by atoms with van der Waals surface area (Å²) >= 11 is 6.05. The van der Waals surface area contributed by atoms with Gasteiger partial charge >= 0.3 is 5.97 Å². The highest BCUT2D eigenvalue weighted by Gasteiger charge is 2.61. The molecule has 3 N–H and O–H groups in total. The fourth-order valence-corrected chi connectivity index (χ4v) is 4.59. The Morgan fingerprint density at radius 1 is 1.30 bits per heavy atom. The van der Waals surface area contributed by atoms with Gasteiger partial charge in [0.25, 0.3) is 0 Å². The van der Waals surface area contributed by atoms with E-state index in [1.807, 2.05) is 0 Å². The molecule has 0 bridgehead atoms. The van der Waals surface area contributed by atoms with E-state index in [1.165, 1.54) is 12.0 Å². The number of H-pyrrole nitrogens is 1. The summed E-state index contributed by atoms with van der Waals surface area (Å²) in [6, 6.07) is 15.9.